The van der Waals surface area contributed by atoms with E-state index >= 15 is 0 Å². The van der Waals surface area contributed by atoms with Crippen LogP contribution in [0.5, 0.6) is 0 Å². The molecule has 7 nitrogen and oxygen atoms in total. The largest absolute Gasteiger partial charge is 0.467 e. The Labute approximate surface area is 186 Å². The number of nitrogens with zero attached hydrogens (tertiary/aromatic N) is 1. The molecule has 2 atom stereocenters. The van der Waals surface area contributed by atoms with Crippen molar-refractivity contribution in [3.63, 3.8) is 0 Å². The molecule has 32 heavy (non-hydrogen) atoms. The fourth-order valence-corrected chi connectivity index (χ4v) is 4.22. The van der Waals surface area contributed by atoms with Crippen molar-refractivity contribution in [3.05, 3.63) is 71.9 Å². The van der Waals surface area contributed by atoms with Gasteiger partial charge in [0.25, 0.3) is 0 Å². The molecule has 4 rings (SSSR count). The summed E-state index contributed by atoms with van der Waals surface area (Å²) >= 11 is 0. The van der Waals surface area contributed by atoms with Gasteiger partial charge in [0.2, 0.25) is 11.8 Å². The van der Waals surface area contributed by atoms with Crippen molar-refractivity contribution in [1.29, 1.82) is 0 Å². The van der Waals surface area contributed by atoms with Crippen LogP contribution in [0.15, 0.2) is 60.8 Å². The number of methoxy groups -OCH3 is 1. The van der Waals surface area contributed by atoms with Gasteiger partial charge in [0.15, 0.2) is 0 Å². The summed E-state index contributed by atoms with van der Waals surface area (Å²) in [6, 6.07) is 16.9. The predicted molar refractivity (Wildman–Crippen MR) is 121 cm³/mol. The quantitative estimate of drug-likeness (QED) is 0.534. The van der Waals surface area contributed by atoms with Gasteiger partial charge in [-0.05, 0) is 23.6 Å². The molecule has 7 heteroatoms. The highest BCUT2D eigenvalue weighted by molar-refractivity contribution is 5.92. The zero-order valence-electron chi connectivity index (χ0n) is 18.0. The molecule has 1 fully saturated rings. The van der Waals surface area contributed by atoms with Crippen LogP contribution in [0.1, 0.15) is 17.5 Å². The lowest BCUT2D eigenvalue weighted by molar-refractivity contribution is -0.145. The first-order valence-electron chi connectivity index (χ1n) is 10.8. The van der Waals surface area contributed by atoms with Crippen molar-refractivity contribution in [3.8, 4) is 0 Å². The van der Waals surface area contributed by atoms with Crippen LogP contribution < -0.4 is 5.32 Å². The number of hydrogen-bond acceptors (Lipinski definition) is 4. The number of ether oxygens (including phenoxy) is 1. The molecule has 2 heterocycles. The molecule has 1 aliphatic rings. The molecule has 2 N–H and O–H groups in total. The van der Waals surface area contributed by atoms with Gasteiger partial charge in [-0.15, -0.1) is 0 Å². The molecular formula is C25H27N3O4. The summed E-state index contributed by atoms with van der Waals surface area (Å²) in [7, 11) is 1.31. The number of carbonyl (C=O) groups excluding carboxylic acids is 3. The van der Waals surface area contributed by atoms with Gasteiger partial charge in [0, 0.05) is 43.0 Å². The summed E-state index contributed by atoms with van der Waals surface area (Å²) in [5, 5.41) is 3.82. The SMILES string of the molecule is COC(=O)C(Cc1c[nH]c2ccccc12)NC(=O)C1CC(=O)N(CCc2ccccc2)C1. The topological polar surface area (TPSA) is 91.5 Å². The smallest absolute Gasteiger partial charge is 0.328 e. The summed E-state index contributed by atoms with van der Waals surface area (Å²) < 4.78 is 4.93. The molecule has 0 radical (unpaired) electrons. The molecule has 0 aliphatic carbocycles. The number of amides is 2. The number of esters is 1. The molecule has 3 aromatic rings. The lowest BCUT2D eigenvalue weighted by atomic mass is 10.0. The number of likely N-dealkylation sites (tertiary alicyclic amines) is 1. The average molecular weight is 434 g/mol. The van der Waals surface area contributed by atoms with Gasteiger partial charge >= 0.3 is 5.97 Å². The summed E-state index contributed by atoms with van der Waals surface area (Å²) in [5.74, 6) is -1.31. The maximum atomic E-state index is 12.9. The van der Waals surface area contributed by atoms with E-state index in [-0.39, 0.29) is 18.2 Å². The lowest BCUT2D eigenvalue weighted by Crippen LogP contribution is -2.46. The van der Waals surface area contributed by atoms with Crippen LogP contribution in [0.2, 0.25) is 0 Å². The van der Waals surface area contributed by atoms with Crippen LogP contribution in [-0.2, 0) is 32.0 Å². The first-order valence-corrected chi connectivity index (χ1v) is 10.8. The maximum absolute atomic E-state index is 12.9. The average Bonchev–Trinajstić information content (AvgIpc) is 3.40. The minimum Gasteiger partial charge on any atom is -0.467 e. The van der Waals surface area contributed by atoms with E-state index in [1.165, 1.54) is 7.11 Å². The number of aromatic nitrogens is 1. The van der Waals surface area contributed by atoms with Crippen LogP contribution in [0, 0.1) is 5.92 Å². The Bertz CT molecular complexity index is 1110. The second kappa shape index (κ2) is 9.68. The number of carbonyl (C=O) groups is 3. The highest BCUT2D eigenvalue weighted by Gasteiger charge is 2.36. The zero-order valence-corrected chi connectivity index (χ0v) is 18.0. The maximum Gasteiger partial charge on any atom is 0.328 e. The van der Waals surface area contributed by atoms with Crippen molar-refractivity contribution in [2.24, 2.45) is 5.92 Å². The number of H-pyrrole nitrogens is 1. The number of para-hydroxylation sites is 1. The Morgan fingerprint density at radius 2 is 1.91 bits per heavy atom. The van der Waals surface area contributed by atoms with E-state index < -0.39 is 17.9 Å². The fourth-order valence-electron chi connectivity index (χ4n) is 4.22. The predicted octanol–water partition coefficient (Wildman–Crippen LogP) is 2.46. The molecule has 2 aromatic carbocycles. The van der Waals surface area contributed by atoms with Crippen molar-refractivity contribution in [1.82, 2.24) is 15.2 Å². The highest BCUT2D eigenvalue weighted by atomic mass is 16.5. The first kappa shape index (κ1) is 21.6. The molecule has 0 saturated carbocycles. The molecule has 1 aromatic heterocycles. The van der Waals surface area contributed by atoms with Gasteiger partial charge in [-0.25, -0.2) is 4.79 Å². The van der Waals surface area contributed by atoms with E-state index in [1.807, 2.05) is 60.8 Å². The van der Waals surface area contributed by atoms with Crippen LogP contribution in [0.25, 0.3) is 10.9 Å². The Morgan fingerprint density at radius 3 is 2.69 bits per heavy atom. The fraction of sp³-hybridized carbons (Fsp3) is 0.320. The Morgan fingerprint density at radius 1 is 1.16 bits per heavy atom. The van der Waals surface area contributed by atoms with E-state index in [0.717, 1.165) is 28.5 Å². The molecule has 2 amide bonds. The van der Waals surface area contributed by atoms with Crippen molar-refractivity contribution < 1.29 is 19.1 Å². The van der Waals surface area contributed by atoms with E-state index in [2.05, 4.69) is 10.3 Å². The number of aromatic amines is 1. The number of nitrogens with one attached hydrogen (secondary N) is 2. The van der Waals surface area contributed by atoms with E-state index in [9.17, 15) is 14.4 Å². The van der Waals surface area contributed by atoms with Crippen LogP contribution in [0.4, 0.5) is 0 Å². The lowest BCUT2D eigenvalue weighted by Gasteiger charge is -2.19. The standard InChI is InChI=1S/C25H27N3O4/c1-32-25(31)22(13-18-15-26-21-10-6-5-9-20(18)21)27-24(30)19-14-23(29)28(16-19)12-11-17-7-3-2-4-8-17/h2-10,15,19,22,26H,11-14,16H2,1H3,(H,27,30). The Kier molecular flexibility index (Phi) is 6.54. The van der Waals surface area contributed by atoms with Gasteiger partial charge < -0.3 is 19.9 Å². The van der Waals surface area contributed by atoms with Crippen LogP contribution in [0.3, 0.4) is 0 Å². The number of benzene rings is 2. The second-order valence-corrected chi connectivity index (χ2v) is 8.12. The third kappa shape index (κ3) is 4.82. The first-order chi connectivity index (χ1) is 15.5. The Hall–Kier alpha value is -3.61. The second-order valence-electron chi connectivity index (χ2n) is 8.12. The number of fused-ring (bicyclic) bond motifs is 1. The molecule has 166 valence electrons. The van der Waals surface area contributed by atoms with Gasteiger partial charge in [-0.1, -0.05) is 48.5 Å². The van der Waals surface area contributed by atoms with Crippen molar-refractivity contribution in [2.45, 2.75) is 25.3 Å². The third-order valence-electron chi connectivity index (χ3n) is 6.00. The highest BCUT2D eigenvalue weighted by Crippen LogP contribution is 2.21. The summed E-state index contributed by atoms with van der Waals surface area (Å²) in [6.45, 7) is 0.931. The summed E-state index contributed by atoms with van der Waals surface area (Å²) in [4.78, 5) is 42.7. The van der Waals surface area contributed by atoms with Gasteiger partial charge in [0.05, 0.1) is 13.0 Å². The van der Waals surface area contributed by atoms with Crippen molar-refractivity contribution >= 4 is 28.7 Å². The van der Waals surface area contributed by atoms with Gasteiger partial charge in [-0.3, -0.25) is 9.59 Å². The molecule has 0 spiro atoms. The molecule has 2 unspecified atom stereocenters. The van der Waals surface area contributed by atoms with Gasteiger partial charge in [0.1, 0.15) is 6.04 Å². The molecule has 0 bridgehead atoms. The van der Waals surface area contributed by atoms with Crippen LogP contribution >= 0.6 is 0 Å². The number of rotatable bonds is 8. The van der Waals surface area contributed by atoms with Crippen LogP contribution in [-0.4, -0.2) is 53.9 Å². The van der Waals surface area contributed by atoms with E-state index in [4.69, 9.17) is 4.74 Å². The van der Waals surface area contributed by atoms with Crippen molar-refractivity contribution in [2.75, 3.05) is 20.2 Å². The zero-order chi connectivity index (χ0) is 22.5. The summed E-state index contributed by atoms with van der Waals surface area (Å²) in [5.41, 5.74) is 3.04. The molecule has 1 aliphatic heterocycles. The van der Waals surface area contributed by atoms with E-state index in [0.29, 0.717) is 19.5 Å². The molecule has 1 saturated heterocycles. The minimum absolute atomic E-state index is 0.0349. The van der Waals surface area contributed by atoms with Gasteiger partial charge in [-0.2, -0.15) is 0 Å². The monoisotopic (exact) mass is 433 g/mol. The normalized spacial score (nSPS) is 16.8. The Balaban J connectivity index is 1.39. The van der Waals surface area contributed by atoms with E-state index in [1.54, 1.807) is 4.90 Å². The molecular weight excluding hydrogens is 406 g/mol. The third-order valence-corrected chi connectivity index (χ3v) is 6.00. The number of hydrogen-bond donors (Lipinski definition) is 2. The summed E-state index contributed by atoms with van der Waals surface area (Å²) in [6.07, 6.45) is 3.05. The minimum atomic E-state index is -0.819.